The fourth-order valence-corrected chi connectivity index (χ4v) is 5.74. The van der Waals surface area contributed by atoms with Crippen LogP contribution in [0.4, 0.5) is 10.5 Å². The van der Waals surface area contributed by atoms with E-state index in [0.717, 1.165) is 29.7 Å². The highest BCUT2D eigenvalue weighted by Gasteiger charge is 2.37. The molecular formula is C32H29ClN8O3. The Hall–Kier alpha value is -5.29. The molecule has 5 aromatic rings. The van der Waals surface area contributed by atoms with E-state index in [9.17, 15) is 9.59 Å². The SMILES string of the molecule is COC(=O)Nc1ccc(-c2cnc(C3C(c4ccccc4)CCCN3C(=O)/C=C/c3cc(Cl)ccc3-n3cnnn3)[nH]2)cc1. The number of carbonyl (C=O) groups excluding carboxylic acids is 2. The summed E-state index contributed by atoms with van der Waals surface area (Å²) >= 11 is 6.30. The quantitative estimate of drug-likeness (QED) is 0.215. The van der Waals surface area contributed by atoms with Gasteiger partial charge >= 0.3 is 6.09 Å². The highest BCUT2D eigenvalue weighted by molar-refractivity contribution is 6.30. The lowest BCUT2D eigenvalue weighted by molar-refractivity contribution is -0.130. The number of benzene rings is 3. The number of nitrogens with one attached hydrogen (secondary N) is 2. The highest BCUT2D eigenvalue weighted by Crippen LogP contribution is 2.42. The molecule has 1 fully saturated rings. The van der Waals surface area contributed by atoms with Crippen LogP contribution in [0.2, 0.25) is 5.02 Å². The van der Waals surface area contributed by atoms with Gasteiger partial charge in [0, 0.05) is 34.8 Å². The molecule has 1 aliphatic rings. The third kappa shape index (κ3) is 6.23. The Bertz CT molecular complexity index is 1770. The Morgan fingerprint density at radius 2 is 1.91 bits per heavy atom. The number of halogens is 1. The minimum absolute atomic E-state index is 0.0379. The second-order valence-electron chi connectivity index (χ2n) is 10.3. The number of ether oxygens (including phenoxy) is 1. The van der Waals surface area contributed by atoms with E-state index >= 15 is 0 Å². The van der Waals surface area contributed by atoms with Crippen molar-refractivity contribution in [1.82, 2.24) is 35.1 Å². The molecule has 3 aromatic carbocycles. The third-order valence-electron chi connectivity index (χ3n) is 7.64. The molecule has 11 nitrogen and oxygen atoms in total. The predicted octanol–water partition coefficient (Wildman–Crippen LogP) is 6.04. The summed E-state index contributed by atoms with van der Waals surface area (Å²) in [5.74, 6) is 0.592. The normalized spacial score (nSPS) is 16.6. The molecule has 222 valence electrons. The largest absolute Gasteiger partial charge is 0.453 e. The molecule has 2 atom stereocenters. The van der Waals surface area contributed by atoms with Crippen LogP contribution in [0, 0.1) is 0 Å². The van der Waals surface area contributed by atoms with Crippen LogP contribution in [0.5, 0.6) is 0 Å². The fourth-order valence-electron chi connectivity index (χ4n) is 5.56. The number of anilines is 1. The molecule has 2 unspecified atom stereocenters. The van der Waals surface area contributed by atoms with E-state index in [1.807, 2.05) is 35.2 Å². The van der Waals surface area contributed by atoms with Gasteiger partial charge in [0.15, 0.2) is 0 Å². The monoisotopic (exact) mass is 608 g/mol. The molecule has 0 radical (unpaired) electrons. The van der Waals surface area contributed by atoms with Gasteiger partial charge in [0.25, 0.3) is 0 Å². The van der Waals surface area contributed by atoms with E-state index in [-0.39, 0.29) is 17.9 Å². The average molecular weight is 609 g/mol. The Balaban J connectivity index is 1.31. The number of methoxy groups -OCH3 is 1. The Morgan fingerprint density at radius 3 is 2.66 bits per heavy atom. The van der Waals surface area contributed by atoms with Crippen LogP contribution < -0.4 is 5.32 Å². The van der Waals surface area contributed by atoms with Gasteiger partial charge in [0.2, 0.25) is 5.91 Å². The number of hydrogen-bond donors (Lipinski definition) is 2. The summed E-state index contributed by atoms with van der Waals surface area (Å²) in [5, 5.41) is 14.6. The Labute approximate surface area is 258 Å². The molecule has 6 rings (SSSR count). The number of carbonyl (C=O) groups is 2. The summed E-state index contributed by atoms with van der Waals surface area (Å²) in [7, 11) is 1.32. The number of piperidine rings is 1. The van der Waals surface area contributed by atoms with Crippen molar-refractivity contribution in [1.29, 1.82) is 0 Å². The summed E-state index contributed by atoms with van der Waals surface area (Å²) in [6.07, 6.45) is 7.80. The molecule has 3 heterocycles. The maximum Gasteiger partial charge on any atom is 0.411 e. The molecule has 2 N–H and O–H groups in total. The standard InChI is InChI=1S/C32H29ClN8O3/c1-44-32(43)36-25-13-9-22(10-14-25)27-19-34-31(37-27)30-26(21-6-3-2-4-7-21)8-5-17-40(30)29(42)16-11-23-18-24(33)12-15-28(23)41-20-35-38-39-41/h2-4,6-7,9-16,18-20,26,30H,5,8,17H2,1H3,(H,34,37)(H,36,43)/b16-11+. The lowest BCUT2D eigenvalue weighted by Gasteiger charge is -2.40. The highest BCUT2D eigenvalue weighted by atomic mass is 35.5. The molecule has 0 spiro atoms. The number of nitrogens with zero attached hydrogens (tertiary/aromatic N) is 6. The molecular weight excluding hydrogens is 580 g/mol. The molecule has 12 heteroatoms. The third-order valence-corrected chi connectivity index (χ3v) is 7.87. The summed E-state index contributed by atoms with van der Waals surface area (Å²) in [5.41, 5.74) is 4.85. The summed E-state index contributed by atoms with van der Waals surface area (Å²) in [4.78, 5) is 35.6. The summed E-state index contributed by atoms with van der Waals surface area (Å²) in [6.45, 7) is 0.580. The lowest BCUT2D eigenvalue weighted by atomic mass is 9.83. The number of hydrogen-bond acceptors (Lipinski definition) is 7. The molecule has 1 saturated heterocycles. The van der Waals surface area contributed by atoms with E-state index < -0.39 is 6.09 Å². The van der Waals surface area contributed by atoms with Crippen LogP contribution in [0.1, 0.15) is 41.8 Å². The van der Waals surface area contributed by atoms with Crippen molar-refractivity contribution in [2.75, 3.05) is 19.0 Å². The van der Waals surface area contributed by atoms with Crippen LogP contribution in [-0.4, -0.2) is 60.7 Å². The number of tetrazole rings is 1. The Kier molecular flexibility index (Phi) is 8.46. The van der Waals surface area contributed by atoms with Gasteiger partial charge in [-0.25, -0.2) is 9.78 Å². The van der Waals surface area contributed by atoms with Gasteiger partial charge in [-0.2, -0.15) is 4.68 Å². The predicted molar refractivity (Wildman–Crippen MR) is 166 cm³/mol. The zero-order valence-electron chi connectivity index (χ0n) is 23.8. The fraction of sp³-hybridized carbons (Fsp3) is 0.188. The molecule has 2 aromatic heterocycles. The van der Waals surface area contributed by atoms with Gasteiger partial charge in [-0.1, -0.05) is 54.1 Å². The number of likely N-dealkylation sites (tertiary alicyclic amines) is 1. The first-order chi connectivity index (χ1) is 21.5. The van der Waals surface area contributed by atoms with Crippen molar-refractivity contribution in [2.45, 2.75) is 24.8 Å². The molecule has 0 saturated carbocycles. The van der Waals surface area contributed by atoms with Crippen LogP contribution in [0.3, 0.4) is 0 Å². The van der Waals surface area contributed by atoms with E-state index in [4.69, 9.17) is 16.6 Å². The van der Waals surface area contributed by atoms with Gasteiger partial charge in [0.1, 0.15) is 12.2 Å². The van der Waals surface area contributed by atoms with Crippen molar-refractivity contribution < 1.29 is 14.3 Å². The van der Waals surface area contributed by atoms with E-state index in [0.29, 0.717) is 34.3 Å². The zero-order valence-corrected chi connectivity index (χ0v) is 24.6. The van der Waals surface area contributed by atoms with Gasteiger partial charge in [-0.3, -0.25) is 10.1 Å². The van der Waals surface area contributed by atoms with Gasteiger partial charge in [-0.15, -0.1) is 5.10 Å². The van der Waals surface area contributed by atoms with Crippen LogP contribution in [0.25, 0.3) is 23.0 Å². The lowest BCUT2D eigenvalue weighted by Crippen LogP contribution is -2.41. The van der Waals surface area contributed by atoms with Crippen LogP contribution in [-0.2, 0) is 9.53 Å². The number of imidazole rings is 1. The van der Waals surface area contributed by atoms with Crippen molar-refractivity contribution in [3.8, 4) is 16.9 Å². The minimum Gasteiger partial charge on any atom is -0.453 e. The number of rotatable bonds is 7. The second kappa shape index (κ2) is 12.9. The van der Waals surface area contributed by atoms with Gasteiger partial charge in [-0.05, 0) is 70.8 Å². The molecule has 2 amide bonds. The van der Waals surface area contributed by atoms with Crippen molar-refractivity contribution in [3.63, 3.8) is 0 Å². The second-order valence-corrected chi connectivity index (χ2v) is 10.7. The van der Waals surface area contributed by atoms with E-state index in [1.165, 1.54) is 18.1 Å². The molecule has 0 bridgehead atoms. The van der Waals surface area contributed by atoms with Crippen molar-refractivity contribution >= 4 is 35.4 Å². The number of aromatic amines is 1. The first-order valence-electron chi connectivity index (χ1n) is 14.1. The Morgan fingerprint density at radius 1 is 1.09 bits per heavy atom. The number of aromatic nitrogens is 6. The van der Waals surface area contributed by atoms with Crippen LogP contribution >= 0.6 is 11.6 Å². The topological polar surface area (TPSA) is 131 Å². The first kappa shape index (κ1) is 28.8. The van der Waals surface area contributed by atoms with Crippen LogP contribution in [0.15, 0.2) is 91.4 Å². The zero-order chi connectivity index (χ0) is 30.5. The molecule has 1 aliphatic heterocycles. The van der Waals surface area contributed by atoms with Gasteiger partial charge < -0.3 is 14.6 Å². The minimum atomic E-state index is -0.536. The molecule has 44 heavy (non-hydrogen) atoms. The maximum absolute atomic E-state index is 13.9. The maximum atomic E-state index is 13.9. The average Bonchev–Trinajstić information content (AvgIpc) is 3.77. The number of H-pyrrole nitrogens is 1. The molecule has 0 aliphatic carbocycles. The van der Waals surface area contributed by atoms with E-state index in [2.05, 4.69) is 42.7 Å². The van der Waals surface area contributed by atoms with Crippen molar-refractivity contribution in [2.24, 2.45) is 0 Å². The van der Waals surface area contributed by atoms with Crippen molar-refractivity contribution in [3.05, 3.63) is 113 Å². The first-order valence-corrected chi connectivity index (χ1v) is 14.4. The summed E-state index contributed by atoms with van der Waals surface area (Å²) in [6, 6.07) is 22.6. The number of amides is 2. The van der Waals surface area contributed by atoms with Gasteiger partial charge in [0.05, 0.1) is 30.7 Å². The smallest absolute Gasteiger partial charge is 0.411 e. The van der Waals surface area contributed by atoms with E-state index in [1.54, 1.807) is 48.7 Å². The summed E-state index contributed by atoms with van der Waals surface area (Å²) < 4.78 is 6.19.